The molecular weight excluding hydrogens is 588 g/mol. The zero-order valence-electron chi connectivity index (χ0n) is 25.3. The van der Waals surface area contributed by atoms with Crippen molar-refractivity contribution in [1.82, 2.24) is 4.98 Å². The van der Waals surface area contributed by atoms with E-state index in [1.54, 1.807) is 38.2 Å². The molecule has 1 aromatic heterocycles. The van der Waals surface area contributed by atoms with Gasteiger partial charge < -0.3 is 25.0 Å². The van der Waals surface area contributed by atoms with Crippen LogP contribution in [0.25, 0.3) is 18.2 Å². The zero-order valence-corrected chi connectivity index (χ0v) is 25.3. The third-order valence-corrected chi connectivity index (χ3v) is 8.52. The number of rotatable bonds is 6. The second-order valence-electron chi connectivity index (χ2n) is 11.0. The van der Waals surface area contributed by atoms with Gasteiger partial charge in [0.05, 0.1) is 52.2 Å². The predicted octanol–water partition coefficient (Wildman–Crippen LogP) is 3.78. The highest BCUT2D eigenvalue weighted by Crippen LogP contribution is 2.47. The summed E-state index contributed by atoms with van der Waals surface area (Å²) in [6, 6.07) is 0. The molecule has 0 unspecified atom stereocenters. The summed E-state index contributed by atoms with van der Waals surface area (Å²) in [4.78, 5) is 55.0. The minimum Gasteiger partial charge on any atom is -0.510 e. The topological polar surface area (TPSA) is 174 Å². The van der Waals surface area contributed by atoms with E-state index in [1.807, 2.05) is 6.92 Å². The molecule has 6 rings (SSSR count). The fourth-order valence-corrected chi connectivity index (χ4v) is 6.25. The molecule has 11 nitrogen and oxygen atoms in total. The largest absolute Gasteiger partial charge is 0.510 e. The van der Waals surface area contributed by atoms with Gasteiger partial charge in [0.2, 0.25) is 0 Å². The molecule has 230 valence electrons. The minimum atomic E-state index is -1.28. The molecule has 5 aliphatic rings. The lowest BCUT2D eigenvalue weighted by molar-refractivity contribution is -0.143. The van der Waals surface area contributed by atoms with Gasteiger partial charge in [-0.3, -0.25) is 4.79 Å². The smallest absolute Gasteiger partial charge is 0.338 e. The lowest BCUT2D eigenvalue weighted by atomic mass is 9.93. The van der Waals surface area contributed by atoms with Crippen molar-refractivity contribution in [3.8, 4) is 0 Å². The van der Waals surface area contributed by atoms with Gasteiger partial charge in [-0.2, -0.15) is 0 Å². The van der Waals surface area contributed by atoms with Gasteiger partial charge in [0.1, 0.15) is 11.7 Å². The molecule has 0 fully saturated rings. The van der Waals surface area contributed by atoms with Gasteiger partial charge in [-0.25, -0.2) is 24.6 Å². The van der Waals surface area contributed by atoms with Crippen LogP contribution in [0.15, 0.2) is 114 Å². The predicted molar refractivity (Wildman–Crippen MR) is 174 cm³/mol. The van der Waals surface area contributed by atoms with Gasteiger partial charge in [-0.05, 0) is 61.8 Å². The molecule has 11 heteroatoms. The van der Waals surface area contributed by atoms with Crippen LogP contribution in [0.3, 0.4) is 0 Å². The molecule has 5 heterocycles. The number of hydrogen-bond donors (Lipinski definition) is 4. The first-order valence-electron chi connectivity index (χ1n) is 14.1. The summed E-state index contributed by atoms with van der Waals surface area (Å²) < 4.78 is 5.08. The van der Waals surface area contributed by atoms with Gasteiger partial charge in [0.15, 0.2) is 0 Å². The highest BCUT2D eigenvalue weighted by atomic mass is 16.5. The van der Waals surface area contributed by atoms with Crippen LogP contribution in [0.5, 0.6) is 0 Å². The maximum Gasteiger partial charge on any atom is 0.338 e. The van der Waals surface area contributed by atoms with Crippen molar-refractivity contribution in [2.24, 2.45) is 20.9 Å². The number of nitrogens with one attached hydrogen (secondary N) is 1. The second kappa shape index (κ2) is 10.8. The number of carboxylic acid groups (broad SMARTS) is 2. The Morgan fingerprint density at radius 3 is 2.28 bits per heavy atom. The molecule has 0 spiro atoms. The summed E-state index contributed by atoms with van der Waals surface area (Å²) in [7, 11) is 1.21. The van der Waals surface area contributed by atoms with E-state index < -0.39 is 23.8 Å². The number of methoxy groups -OCH3 is 1. The quantitative estimate of drug-likeness (QED) is 0.278. The summed E-state index contributed by atoms with van der Waals surface area (Å²) in [5.74, 6) is -4.67. The Morgan fingerprint density at radius 1 is 0.913 bits per heavy atom. The molecule has 0 radical (unpaired) electrons. The molecule has 0 aromatic carbocycles. The summed E-state index contributed by atoms with van der Waals surface area (Å²) >= 11 is 0. The molecule has 4 N–H and O–H groups in total. The van der Waals surface area contributed by atoms with E-state index in [9.17, 15) is 29.7 Å². The Morgan fingerprint density at radius 2 is 1.65 bits per heavy atom. The first-order valence-corrected chi connectivity index (χ1v) is 14.1. The van der Waals surface area contributed by atoms with Crippen LogP contribution in [0.1, 0.15) is 36.7 Å². The van der Waals surface area contributed by atoms with Gasteiger partial charge >= 0.3 is 17.9 Å². The number of aromatic nitrogens is 1. The number of carbonyl (C=O) groups excluding carboxylic acids is 1. The standard InChI is InChI=1S/C35H28N4O7/c1-7-17-14(3)20-11-21-15(4)19(9-10-26(40)41)31(38-21)29-30(35(45)46-6)33(42)27-16(5)22(39-32(27)29)12-24-18(8-2)28(34(43)44)25(37-24)13-23(17)36-20/h7-13,30,37,42H,1-2H2,3-6H3,(H,40,41)(H,43,44)/b10-9+,20-11?,24-12?,25-13?,31-29?/t30-/m1/s1. The van der Waals surface area contributed by atoms with E-state index in [0.29, 0.717) is 61.6 Å². The van der Waals surface area contributed by atoms with E-state index in [-0.39, 0.29) is 33.7 Å². The number of aliphatic hydroxyl groups excluding tert-OH is 1. The number of aliphatic imine (C=N–C) groups is 3. The Hall–Kier alpha value is -6.10. The summed E-state index contributed by atoms with van der Waals surface area (Å²) in [5, 5.41) is 31.9. The molecule has 0 saturated carbocycles. The molecule has 8 bridgehead atoms. The minimum absolute atomic E-state index is 0.0106. The monoisotopic (exact) mass is 616 g/mol. The highest BCUT2D eigenvalue weighted by Gasteiger charge is 2.47. The Bertz CT molecular complexity index is 2220. The number of hydrogen-bond acceptors (Lipinski definition) is 8. The second-order valence-corrected chi connectivity index (χ2v) is 11.0. The number of aliphatic carboxylic acids is 1. The number of aliphatic hydroxyl groups is 1. The number of fused-ring (bicyclic) bond motifs is 5. The van der Waals surface area contributed by atoms with Gasteiger partial charge in [0, 0.05) is 39.3 Å². The number of allylic oxidation sites excluding steroid dienone is 9. The van der Waals surface area contributed by atoms with E-state index >= 15 is 0 Å². The maximum absolute atomic E-state index is 13.2. The molecule has 0 saturated heterocycles. The summed E-state index contributed by atoms with van der Waals surface area (Å²) in [6.45, 7) is 13.1. The highest BCUT2D eigenvalue weighted by molar-refractivity contribution is 6.27. The SMILES string of the molecule is C=CC1=C(C)C2=CC3=NC(=C4C5=NC(=C(C)C5=C(O)[C@@H]4C(=O)OC)C=c4[nH]c(c(C(=O)O)c4C=C)=CC1=N2)C(/C=C/C(=O)O)=C3C. The van der Waals surface area contributed by atoms with Gasteiger partial charge in [-0.1, -0.05) is 25.3 Å². The number of aromatic amines is 1. The summed E-state index contributed by atoms with van der Waals surface area (Å²) in [6.07, 6.45) is 10.5. The maximum atomic E-state index is 13.2. The first kappa shape index (κ1) is 29.9. The normalized spacial score (nSPS) is 20.1. The molecule has 4 aliphatic heterocycles. The lowest BCUT2D eigenvalue weighted by Gasteiger charge is -2.14. The average Bonchev–Trinajstić information content (AvgIpc) is 3.76. The molecule has 0 amide bonds. The number of nitrogens with zero attached hydrogens (tertiary/aromatic N) is 3. The van der Waals surface area contributed by atoms with E-state index in [4.69, 9.17) is 19.7 Å². The Kier molecular flexibility index (Phi) is 7.04. The number of carboxylic acids is 2. The Balaban J connectivity index is 1.80. The third kappa shape index (κ3) is 4.35. The molecule has 1 aromatic rings. The molecule has 46 heavy (non-hydrogen) atoms. The van der Waals surface area contributed by atoms with Crippen molar-refractivity contribution < 1.29 is 34.4 Å². The lowest BCUT2D eigenvalue weighted by Crippen LogP contribution is -2.20. The van der Waals surface area contributed by atoms with Crippen molar-refractivity contribution in [3.63, 3.8) is 0 Å². The fourth-order valence-electron chi connectivity index (χ4n) is 6.25. The van der Waals surface area contributed by atoms with Crippen LogP contribution in [0.2, 0.25) is 0 Å². The summed E-state index contributed by atoms with van der Waals surface area (Å²) in [5.41, 5.74) is 6.20. The van der Waals surface area contributed by atoms with E-state index in [1.165, 1.54) is 19.3 Å². The van der Waals surface area contributed by atoms with Gasteiger partial charge in [-0.15, -0.1) is 0 Å². The number of carbonyl (C=O) groups is 3. The zero-order chi connectivity index (χ0) is 33.2. The number of H-pyrrole nitrogens is 1. The van der Waals surface area contributed by atoms with E-state index in [2.05, 4.69) is 18.1 Å². The van der Waals surface area contributed by atoms with Crippen molar-refractivity contribution >= 4 is 53.3 Å². The first-order chi connectivity index (χ1) is 21.9. The number of aromatic carboxylic acids is 1. The van der Waals surface area contributed by atoms with Crippen molar-refractivity contribution in [2.75, 3.05) is 7.11 Å². The fraction of sp³-hybridized carbons (Fsp3) is 0.143. The molecule has 1 aliphatic carbocycles. The molecule has 1 atom stereocenters. The van der Waals surface area contributed by atoms with Crippen LogP contribution >= 0.6 is 0 Å². The van der Waals surface area contributed by atoms with Gasteiger partial charge in [0.25, 0.3) is 0 Å². The van der Waals surface area contributed by atoms with Crippen LogP contribution in [-0.4, -0.2) is 62.5 Å². The number of ether oxygens (including phenoxy) is 1. The van der Waals surface area contributed by atoms with Crippen LogP contribution in [0, 0.1) is 5.92 Å². The number of esters is 1. The Labute approximate surface area is 262 Å². The third-order valence-electron chi connectivity index (χ3n) is 8.52. The van der Waals surface area contributed by atoms with E-state index in [0.717, 1.165) is 11.6 Å². The van der Waals surface area contributed by atoms with Crippen molar-refractivity contribution in [2.45, 2.75) is 20.8 Å². The average molecular weight is 617 g/mol. The van der Waals surface area contributed by atoms with Crippen LogP contribution in [0.4, 0.5) is 0 Å². The molecular formula is C35H28N4O7. The van der Waals surface area contributed by atoms with Crippen LogP contribution in [-0.2, 0) is 14.3 Å². The van der Waals surface area contributed by atoms with Crippen molar-refractivity contribution in [3.05, 3.63) is 121 Å². The van der Waals surface area contributed by atoms with Crippen molar-refractivity contribution in [1.29, 1.82) is 0 Å². The van der Waals surface area contributed by atoms with Crippen LogP contribution < -0.4 is 10.7 Å².